The van der Waals surface area contributed by atoms with Crippen molar-refractivity contribution in [2.45, 2.75) is 24.2 Å². The standard InChI is InChI=1S/C18H11BrF8N2O4/c19-11-6-10(29(31)32)5-9(14(11)30)7-28-12-3-1-2-4-13(12)33-8-16(22,23)18(26,27)17(24,25)15(20)21/h1-7,15,30H,8H2. The largest absolute Gasteiger partial charge is 0.506 e. The lowest BCUT2D eigenvalue weighted by atomic mass is 10.1. The van der Waals surface area contributed by atoms with Crippen molar-refractivity contribution in [1.29, 1.82) is 0 Å². The molecule has 0 saturated carbocycles. The fraction of sp³-hybridized carbons (Fsp3) is 0.278. The number of aromatic hydroxyl groups is 1. The van der Waals surface area contributed by atoms with Gasteiger partial charge in [-0.2, -0.15) is 26.3 Å². The molecule has 180 valence electrons. The molecule has 0 atom stereocenters. The number of halogens is 9. The van der Waals surface area contributed by atoms with Gasteiger partial charge in [0.2, 0.25) is 0 Å². The Morgan fingerprint density at radius 2 is 1.76 bits per heavy atom. The second-order valence-electron chi connectivity index (χ2n) is 6.34. The van der Waals surface area contributed by atoms with Crippen LogP contribution in [0.2, 0.25) is 0 Å². The molecule has 2 aromatic rings. The zero-order valence-electron chi connectivity index (χ0n) is 15.8. The number of nitro benzene ring substituents is 1. The average molecular weight is 551 g/mol. The molecule has 33 heavy (non-hydrogen) atoms. The summed E-state index contributed by atoms with van der Waals surface area (Å²) in [4.78, 5) is 13.9. The second-order valence-corrected chi connectivity index (χ2v) is 7.19. The molecule has 0 aliphatic rings. The molecule has 0 saturated heterocycles. The Labute approximate surface area is 187 Å². The number of nitro groups is 1. The summed E-state index contributed by atoms with van der Waals surface area (Å²) in [7, 11) is 0. The van der Waals surface area contributed by atoms with Gasteiger partial charge < -0.3 is 9.84 Å². The van der Waals surface area contributed by atoms with E-state index in [9.17, 15) is 50.3 Å². The lowest BCUT2D eigenvalue weighted by Crippen LogP contribution is -2.59. The van der Waals surface area contributed by atoms with Crippen LogP contribution in [0.5, 0.6) is 11.5 Å². The molecule has 0 radical (unpaired) electrons. The first kappa shape index (κ1) is 26.3. The molecule has 0 spiro atoms. The molecule has 0 unspecified atom stereocenters. The topological polar surface area (TPSA) is 85.0 Å². The highest BCUT2D eigenvalue weighted by atomic mass is 79.9. The van der Waals surface area contributed by atoms with Crippen LogP contribution < -0.4 is 4.74 Å². The maximum atomic E-state index is 13.7. The quantitative estimate of drug-likeness (QED) is 0.170. The van der Waals surface area contributed by atoms with Crippen LogP contribution in [0.4, 0.5) is 46.5 Å². The first-order chi connectivity index (χ1) is 15.1. The van der Waals surface area contributed by atoms with Gasteiger partial charge in [0, 0.05) is 23.9 Å². The Kier molecular flexibility index (Phi) is 7.56. The van der Waals surface area contributed by atoms with Crippen LogP contribution in [0.1, 0.15) is 5.56 Å². The Hall–Kier alpha value is -2.97. The van der Waals surface area contributed by atoms with Gasteiger partial charge in [-0.1, -0.05) is 12.1 Å². The molecule has 0 aliphatic heterocycles. The Balaban J connectivity index is 2.32. The third kappa shape index (κ3) is 5.34. The third-order valence-electron chi connectivity index (χ3n) is 4.06. The van der Waals surface area contributed by atoms with Crippen LogP contribution in [-0.4, -0.2) is 47.0 Å². The van der Waals surface area contributed by atoms with Gasteiger partial charge in [0.25, 0.3) is 5.69 Å². The van der Waals surface area contributed by atoms with E-state index in [0.29, 0.717) is 0 Å². The maximum absolute atomic E-state index is 13.7. The van der Waals surface area contributed by atoms with Crippen molar-refractivity contribution in [2.24, 2.45) is 4.99 Å². The molecule has 1 N–H and O–H groups in total. The van der Waals surface area contributed by atoms with E-state index in [4.69, 9.17) is 0 Å². The van der Waals surface area contributed by atoms with Gasteiger partial charge in [-0.3, -0.25) is 15.1 Å². The van der Waals surface area contributed by atoms with Gasteiger partial charge in [0.1, 0.15) is 17.2 Å². The van der Waals surface area contributed by atoms with E-state index in [2.05, 4.69) is 25.7 Å². The summed E-state index contributed by atoms with van der Waals surface area (Å²) in [5, 5.41) is 20.9. The molecule has 0 heterocycles. The molecule has 0 aromatic heterocycles. The fourth-order valence-corrected chi connectivity index (χ4v) is 2.74. The fourth-order valence-electron chi connectivity index (χ4n) is 2.27. The van der Waals surface area contributed by atoms with Crippen LogP contribution in [0.25, 0.3) is 0 Å². The summed E-state index contributed by atoms with van der Waals surface area (Å²) in [6.45, 7) is -2.40. The summed E-state index contributed by atoms with van der Waals surface area (Å²) >= 11 is 2.89. The monoisotopic (exact) mass is 550 g/mol. The number of phenolic OH excluding ortho intramolecular Hbond substituents is 1. The summed E-state index contributed by atoms with van der Waals surface area (Å²) in [6, 6.07) is 6.42. The number of aliphatic imine (C=N–C) groups is 1. The van der Waals surface area contributed by atoms with Crippen LogP contribution in [0.3, 0.4) is 0 Å². The van der Waals surface area contributed by atoms with E-state index in [1.807, 2.05) is 0 Å². The lowest BCUT2D eigenvalue weighted by molar-refractivity contribution is -0.385. The molecule has 2 rings (SSSR count). The summed E-state index contributed by atoms with van der Waals surface area (Å²) in [5.41, 5.74) is -0.994. The van der Waals surface area contributed by atoms with Crippen molar-refractivity contribution < 1.29 is 49.9 Å². The number of para-hydroxylation sites is 2. The van der Waals surface area contributed by atoms with Crippen LogP contribution in [-0.2, 0) is 0 Å². The minimum atomic E-state index is -6.44. The number of alkyl halides is 8. The van der Waals surface area contributed by atoms with E-state index < -0.39 is 52.9 Å². The third-order valence-corrected chi connectivity index (χ3v) is 4.66. The van der Waals surface area contributed by atoms with E-state index in [1.165, 1.54) is 12.1 Å². The smallest absolute Gasteiger partial charge is 0.381 e. The van der Waals surface area contributed by atoms with Gasteiger partial charge in [-0.05, 0) is 28.1 Å². The van der Waals surface area contributed by atoms with Gasteiger partial charge in [-0.15, -0.1) is 0 Å². The number of phenols is 1. The Morgan fingerprint density at radius 3 is 2.33 bits per heavy atom. The highest BCUT2D eigenvalue weighted by molar-refractivity contribution is 9.10. The zero-order chi connectivity index (χ0) is 25.2. The minimum absolute atomic E-state index is 0.0792. The first-order valence-corrected chi connectivity index (χ1v) is 9.25. The lowest BCUT2D eigenvalue weighted by Gasteiger charge is -2.32. The van der Waals surface area contributed by atoms with Gasteiger partial charge in [0.05, 0.1) is 9.40 Å². The number of hydrogen-bond donors (Lipinski definition) is 1. The summed E-state index contributed by atoms with van der Waals surface area (Å²) < 4.78 is 109. The Morgan fingerprint density at radius 1 is 1.15 bits per heavy atom. The highest BCUT2D eigenvalue weighted by Crippen LogP contribution is 2.48. The number of hydrogen-bond acceptors (Lipinski definition) is 5. The zero-order valence-corrected chi connectivity index (χ0v) is 17.4. The van der Waals surface area contributed by atoms with Crippen molar-refractivity contribution >= 4 is 33.5 Å². The van der Waals surface area contributed by atoms with E-state index in [0.717, 1.165) is 30.5 Å². The molecule has 0 aliphatic carbocycles. The van der Waals surface area contributed by atoms with Crippen molar-refractivity contribution in [1.82, 2.24) is 0 Å². The second kappa shape index (κ2) is 9.49. The predicted octanol–water partition coefficient (Wildman–Crippen LogP) is 6.36. The number of ether oxygens (including phenoxy) is 1. The van der Waals surface area contributed by atoms with E-state index >= 15 is 0 Å². The molecule has 0 fully saturated rings. The normalized spacial score (nSPS) is 13.0. The van der Waals surface area contributed by atoms with E-state index in [-0.39, 0.29) is 15.7 Å². The first-order valence-electron chi connectivity index (χ1n) is 8.46. The summed E-state index contributed by atoms with van der Waals surface area (Å²) in [5.74, 6) is -19.6. The molecule has 0 bridgehead atoms. The van der Waals surface area contributed by atoms with E-state index in [1.54, 1.807) is 0 Å². The maximum Gasteiger partial charge on any atom is 0.381 e. The average Bonchev–Trinajstić information content (AvgIpc) is 2.73. The molecule has 0 amide bonds. The van der Waals surface area contributed by atoms with Crippen molar-refractivity contribution in [3.63, 3.8) is 0 Å². The van der Waals surface area contributed by atoms with Gasteiger partial charge >= 0.3 is 24.2 Å². The van der Waals surface area contributed by atoms with Gasteiger partial charge in [-0.25, -0.2) is 8.78 Å². The van der Waals surface area contributed by atoms with Gasteiger partial charge in [0.15, 0.2) is 6.61 Å². The number of nitrogens with zero attached hydrogens (tertiary/aromatic N) is 2. The highest BCUT2D eigenvalue weighted by Gasteiger charge is 2.75. The molecular formula is C18H11BrF8N2O4. The van der Waals surface area contributed by atoms with Crippen molar-refractivity contribution in [2.75, 3.05) is 6.61 Å². The number of non-ortho nitro benzene ring substituents is 1. The molecule has 15 heteroatoms. The van der Waals surface area contributed by atoms with Crippen LogP contribution in [0.15, 0.2) is 45.9 Å². The summed E-state index contributed by atoms with van der Waals surface area (Å²) in [6.07, 6.45) is -4.20. The number of benzene rings is 2. The predicted molar refractivity (Wildman–Crippen MR) is 102 cm³/mol. The van der Waals surface area contributed by atoms with Crippen molar-refractivity contribution in [3.8, 4) is 11.5 Å². The SMILES string of the molecule is O=[N+]([O-])c1cc(Br)c(O)c(C=Nc2ccccc2OCC(F)(F)C(F)(F)C(F)(F)C(F)F)c1. The van der Waals surface area contributed by atoms with Crippen LogP contribution >= 0.6 is 15.9 Å². The minimum Gasteiger partial charge on any atom is -0.506 e. The number of rotatable bonds is 9. The molecular weight excluding hydrogens is 540 g/mol. The molecule has 2 aromatic carbocycles. The van der Waals surface area contributed by atoms with Crippen LogP contribution in [0, 0.1) is 10.1 Å². The Bertz CT molecular complexity index is 1070. The molecule has 6 nitrogen and oxygen atoms in total. The van der Waals surface area contributed by atoms with Crippen molar-refractivity contribution in [3.05, 3.63) is 56.5 Å².